The Hall–Kier alpha value is -1.46. The van der Waals surface area contributed by atoms with Crippen molar-refractivity contribution < 1.29 is 4.39 Å². The third kappa shape index (κ3) is 3.11. The van der Waals surface area contributed by atoms with E-state index in [-0.39, 0.29) is 11.2 Å². The molecule has 0 saturated heterocycles. The lowest BCUT2D eigenvalue weighted by Crippen LogP contribution is -2.11. The number of benzene rings is 1. The number of rotatable bonds is 3. The van der Waals surface area contributed by atoms with Crippen LogP contribution in [-0.2, 0) is 12.0 Å². The summed E-state index contributed by atoms with van der Waals surface area (Å²) in [4.78, 5) is 2.54. The van der Waals surface area contributed by atoms with Crippen LogP contribution in [0.15, 0.2) is 24.4 Å². The lowest BCUT2D eigenvalue weighted by molar-refractivity contribution is 0.566. The van der Waals surface area contributed by atoms with Gasteiger partial charge < -0.3 is 0 Å². The van der Waals surface area contributed by atoms with E-state index in [1.54, 1.807) is 10.7 Å². The Labute approximate surface area is 116 Å². The molecule has 102 valence electrons. The molecule has 0 fully saturated rings. The van der Waals surface area contributed by atoms with E-state index in [0.29, 0.717) is 12.2 Å². The van der Waals surface area contributed by atoms with Crippen LogP contribution in [0.3, 0.4) is 0 Å². The molecule has 0 radical (unpaired) electrons. The molecular weight excluding hydrogens is 267 g/mol. The molecule has 2 rings (SSSR count). The highest BCUT2D eigenvalue weighted by atomic mass is 35.5. The summed E-state index contributed by atoms with van der Waals surface area (Å²) < 4.78 is 15.0. The number of nitrogens with zero attached hydrogens (tertiary/aromatic N) is 3. The lowest BCUT2D eigenvalue weighted by Gasteiger charge is -2.13. The van der Waals surface area contributed by atoms with Crippen molar-refractivity contribution in [3.8, 4) is 5.69 Å². The molecule has 6 heteroatoms. The summed E-state index contributed by atoms with van der Waals surface area (Å²) in [5.41, 5.74) is 2.23. The first-order chi connectivity index (χ1) is 8.91. The SMILES string of the molecule is CC(C)(C)c1cn(-c2cc(F)ccc2CNCl)nn1. The molecule has 0 spiro atoms. The van der Waals surface area contributed by atoms with Crippen LogP contribution >= 0.6 is 11.8 Å². The van der Waals surface area contributed by atoms with Gasteiger partial charge in [0.15, 0.2) is 0 Å². The van der Waals surface area contributed by atoms with Gasteiger partial charge in [0, 0.05) is 12.0 Å². The van der Waals surface area contributed by atoms with E-state index in [1.807, 2.05) is 27.0 Å². The van der Waals surface area contributed by atoms with Crippen LogP contribution in [0.2, 0.25) is 0 Å². The fourth-order valence-corrected chi connectivity index (χ4v) is 1.84. The first-order valence-corrected chi connectivity index (χ1v) is 6.35. The highest BCUT2D eigenvalue weighted by Gasteiger charge is 2.19. The van der Waals surface area contributed by atoms with Crippen LogP contribution in [0, 0.1) is 5.82 Å². The van der Waals surface area contributed by atoms with Crippen molar-refractivity contribution in [3.63, 3.8) is 0 Å². The summed E-state index contributed by atoms with van der Waals surface area (Å²) >= 11 is 5.52. The molecule has 0 saturated carbocycles. The van der Waals surface area contributed by atoms with E-state index in [1.165, 1.54) is 12.1 Å². The summed E-state index contributed by atoms with van der Waals surface area (Å²) in [5, 5.41) is 8.20. The molecule has 1 heterocycles. The van der Waals surface area contributed by atoms with Gasteiger partial charge in [-0.1, -0.05) is 32.1 Å². The van der Waals surface area contributed by atoms with Crippen LogP contribution < -0.4 is 4.84 Å². The van der Waals surface area contributed by atoms with Gasteiger partial charge in [0.05, 0.1) is 17.6 Å². The van der Waals surface area contributed by atoms with Crippen molar-refractivity contribution in [1.82, 2.24) is 19.8 Å². The number of nitrogens with one attached hydrogen (secondary N) is 1. The minimum atomic E-state index is -0.318. The quantitative estimate of drug-likeness (QED) is 0.880. The lowest BCUT2D eigenvalue weighted by atomic mass is 9.93. The van der Waals surface area contributed by atoms with Gasteiger partial charge in [-0.05, 0) is 29.5 Å². The third-order valence-corrected chi connectivity index (χ3v) is 2.95. The van der Waals surface area contributed by atoms with Gasteiger partial charge in [-0.3, -0.25) is 0 Å². The Bertz CT molecular complexity index is 574. The molecule has 0 bridgehead atoms. The van der Waals surface area contributed by atoms with E-state index in [4.69, 9.17) is 11.8 Å². The van der Waals surface area contributed by atoms with Crippen molar-refractivity contribution in [1.29, 1.82) is 0 Å². The monoisotopic (exact) mass is 282 g/mol. The predicted octanol–water partition coefficient (Wildman–Crippen LogP) is 2.95. The number of halogens is 2. The van der Waals surface area contributed by atoms with Crippen LogP contribution in [0.4, 0.5) is 4.39 Å². The van der Waals surface area contributed by atoms with E-state index in [2.05, 4.69) is 15.1 Å². The van der Waals surface area contributed by atoms with Crippen molar-refractivity contribution in [2.24, 2.45) is 0 Å². The smallest absolute Gasteiger partial charge is 0.125 e. The Balaban J connectivity index is 2.46. The second-order valence-corrected chi connectivity index (χ2v) is 5.65. The largest absolute Gasteiger partial charge is 0.229 e. The zero-order valence-corrected chi connectivity index (χ0v) is 11.9. The van der Waals surface area contributed by atoms with E-state index >= 15 is 0 Å². The fourth-order valence-electron chi connectivity index (χ4n) is 1.70. The highest BCUT2D eigenvalue weighted by Crippen LogP contribution is 2.22. The topological polar surface area (TPSA) is 42.7 Å². The van der Waals surface area contributed by atoms with Crippen molar-refractivity contribution in [3.05, 3.63) is 41.5 Å². The van der Waals surface area contributed by atoms with Crippen LogP contribution in [0.1, 0.15) is 32.0 Å². The van der Waals surface area contributed by atoms with Crippen LogP contribution in [0.25, 0.3) is 5.69 Å². The molecule has 19 heavy (non-hydrogen) atoms. The summed E-state index contributed by atoms with van der Waals surface area (Å²) in [5.74, 6) is -0.318. The Morgan fingerprint density at radius 3 is 2.68 bits per heavy atom. The van der Waals surface area contributed by atoms with Gasteiger partial charge in [0.25, 0.3) is 0 Å². The minimum absolute atomic E-state index is 0.101. The van der Waals surface area contributed by atoms with E-state index in [0.717, 1.165) is 11.3 Å². The van der Waals surface area contributed by atoms with Crippen molar-refractivity contribution in [2.75, 3.05) is 0 Å². The molecule has 1 aromatic carbocycles. The normalized spacial score (nSPS) is 11.8. The average Bonchev–Trinajstić information content (AvgIpc) is 2.80. The maximum absolute atomic E-state index is 13.4. The molecule has 0 atom stereocenters. The second kappa shape index (κ2) is 5.27. The third-order valence-electron chi connectivity index (χ3n) is 2.81. The van der Waals surface area contributed by atoms with E-state index < -0.39 is 0 Å². The fraction of sp³-hybridized carbons (Fsp3) is 0.385. The molecule has 0 aliphatic rings. The Morgan fingerprint density at radius 1 is 1.37 bits per heavy atom. The number of aromatic nitrogens is 3. The van der Waals surface area contributed by atoms with Gasteiger partial charge >= 0.3 is 0 Å². The Morgan fingerprint density at radius 2 is 2.11 bits per heavy atom. The zero-order valence-electron chi connectivity index (χ0n) is 11.1. The number of hydrogen-bond donors (Lipinski definition) is 1. The van der Waals surface area contributed by atoms with Crippen LogP contribution in [0.5, 0.6) is 0 Å². The molecule has 0 aliphatic heterocycles. The van der Waals surface area contributed by atoms with Gasteiger partial charge in [-0.2, -0.15) is 0 Å². The number of hydrogen-bond acceptors (Lipinski definition) is 3. The van der Waals surface area contributed by atoms with Crippen molar-refractivity contribution >= 4 is 11.8 Å². The first-order valence-electron chi connectivity index (χ1n) is 5.97. The maximum Gasteiger partial charge on any atom is 0.125 e. The first kappa shape index (κ1) is 14.0. The minimum Gasteiger partial charge on any atom is -0.229 e. The molecular formula is C13H16ClFN4. The summed E-state index contributed by atoms with van der Waals surface area (Å²) in [6.45, 7) is 6.57. The molecule has 0 aliphatic carbocycles. The second-order valence-electron chi connectivity index (χ2n) is 5.38. The van der Waals surface area contributed by atoms with Gasteiger partial charge in [-0.15, -0.1) is 5.10 Å². The van der Waals surface area contributed by atoms with Gasteiger partial charge in [-0.25, -0.2) is 13.9 Å². The molecule has 0 amide bonds. The van der Waals surface area contributed by atoms with Gasteiger partial charge in [0.1, 0.15) is 5.82 Å². The summed E-state index contributed by atoms with van der Waals surface area (Å²) in [7, 11) is 0. The Kier molecular flexibility index (Phi) is 3.87. The van der Waals surface area contributed by atoms with Crippen molar-refractivity contribution in [2.45, 2.75) is 32.7 Å². The molecule has 2 aromatic rings. The molecule has 1 aromatic heterocycles. The highest BCUT2D eigenvalue weighted by molar-refractivity contribution is 6.13. The van der Waals surface area contributed by atoms with E-state index in [9.17, 15) is 4.39 Å². The summed E-state index contributed by atoms with van der Waals surface area (Å²) in [6, 6.07) is 4.50. The molecule has 0 unspecified atom stereocenters. The predicted molar refractivity (Wildman–Crippen MR) is 72.7 cm³/mol. The standard InChI is InChI=1S/C13H16ClFN4/c1-13(2,3)12-8-19(18-17-12)11-6-10(15)5-4-9(11)7-16-14/h4-6,8,16H,7H2,1-3H3. The van der Waals surface area contributed by atoms with Crippen LogP contribution in [-0.4, -0.2) is 15.0 Å². The maximum atomic E-state index is 13.4. The average molecular weight is 283 g/mol. The summed E-state index contributed by atoms with van der Waals surface area (Å²) in [6.07, 6.45) is 1.81. The molecule has 4 nitrogen and oxygen atoms in total. The van der Waals surface area contributed by atoms with Gasteiger partial charge in [0.2, 0.25) is 0 Å². The molecule has 1 N–H and O–H groups in total. The zero-order chi connectivity index (χ0) is 14.0.